The number of halogens is 6. The summed E-state index contributed by atoms with van der Waals surface area (Å²) < 4.78 is 74.9. The van der Waals surface area contributed by atoms with Crippen LogP contribution in [0.4, 0.5) is 26.3 Å². The van der Waals surface area contributed by atoms with Crippen molar-refractivity contribution < 1.29 is 26.3 Å². The van der Waals surface area contributed by atoms with E-state index < -0.39 is 23.7 Å². The van der Waals surface area contributed by atoms with E-state index in [-0.39, 0.29) is 16.6 Å². The minimum Gasteiger partial charge on any atom is -0.261 e. The van der Waals surface area contributed by atoms with Gasteiger partial charge in [0, 0.05) is 12.1 Å². The SMILES string of the molecule is FC(F)(F)c1cc(C(F)(F)F)n(-c2ccn[nH]2)n1. The highest BCUT2D eigenvalue weighted by molar-refractivity contribution is 5.27. The molecule has 2 aromatic heterocycles. The molecule has 98 valence electrons. The molecule has 0 bridgehead atoms. The molecule has 0 fully saturated rings. The molecule has 0 aliphatic carbocycles. The van der Waals surface area contributed by atoms with Crippen molar-refractivity contribution in [2.75, 3.05) is 0 Å². The van der Waals surface area contributed by atoms with E-state index >= 15 is 0 Å². The van der Waals surface area contributed by atoms with Gasteiger partial charge in [-0.2, -0.15) is 36.5 Å². The van der Waals surface area contributed by atoms with Gasteiger partial charge in [0.2, 0.25) is 0 Å². The number of aromatic amines is 1. The summed E-state index contributed by atoms with van der Waals surface area (Å²) in [5.41, 5.74) is -3.15. The van der Waals surface area contributed by atoms with Gasteiger partial charge in [-0.25, -0.2) is 4.68 Å². The van der Waals surface area contributed by atoms with Crippen molar-refractivity contribution in [3.8, 4) is 5.82 Å². The van der Waals surface area contributed by atoms with Crippen LogP contribution in [0.3, 0.4) is 0 Å². The van der Waals surface area contributed by atoms with Crippen LogP contribution < -0.4 is 0 Å². The molecule has 0 unspecified atom stereocenters. The first kappa shape index (κ1) is 12.5. The predicted octanol–water partition coefficient (Wildman–Crippen LogP) is 2.63. The molecule has 0 aliphatic rings. The number of aromatic nitrogens is 4. The fourth-order valence-corrected chi connectivity index (χ4v) is 1.27. The zero-order valence-corrected chi connectivity index (χ0v) is 8.34. The van der Waals surface area contributed by atoms with E-state index in [9.17, 15) is 26.3 Å². The topological polar surface area (TPSA) is 46.5 Å². The van der Waals surface area contributed by atoms with E-state index in [1.165, 1.54) is 0 Å². The first-order valence-electron chi connectivity index (χ1n) is 4.44. The van der Waals surface area contributed by atoms with Crippen LogP contribution in [0.5, 0.6) is 0 Å². The molecule has 2 aromatic rings. The Morgan fingerprint density at radius 2 is 1.72 bits per heavy atom. The average molecular weight is 270 g/mol. The molecule has 0 spiro atoms. The lowest BCUT2D eigenvalue weighted by atomic mass is 10.3. The molecule has 0 aliphatic heterocycles. The standard InChI is InChI=1S/C8H4F6N4/c9-7(10,11)4-3-5(8(12,13)14)18(17-4)6-1-2-15-16-6/h1-3H,(H,15,16). The zero-order valence-electron chi connectivity index (χ0n) is 8.34. The maximum Gasteiger partial charge on any atom is 0.435 e. The van der Waals surface area contributed by atoms with Crippen molar-refractivity contribution in [1.29, 1.82) is 0 Å². The largest absolute Gasteiger partial charge is 0.435 e. The second kappa shape index (κ2) is 3.75. The van der Waals surface area contributed by atoms with Crippen LogP contribution in [0.1, 0.15) is 11.4 Å². The van der Waals surface area contributed by atoms with Crippen molar-refractivity contribution in [1.82, 2.24) is 20.0 Å². The van der Waals surface area contributed by atoms with E-state index in [4.69, 9.17) is 0 Å². The fraction of sp³-hybridized carbons (Fsp3) is 0.250. The number of nitrogens with one attached hydrogen (secondary N) is 1. The van der Waals surface area contributed by atoms with Crippen molar-refractivity contribution in [3.63, 3.8) is 0 Å². The molecule has 4 nitrogen and oxygen atoms in total. The molecule has 0 amide bonds. The fourth-order valence-electron chi connectivity index (χ4n) is 1.27. The summed E-state index contributed by atoms with van der Waals surface area (Å²) in [7, 11) is 0. The molecule has 0 saturated heterocycles. The molecular formula is C8H4F6N4. The molecular weight excluding hydrogens is 266 g/mol. The summed E-state index contributed by atoms with van der Waals surface area (Å²) in [6.45, 7) is 0. The summed E-state index contributed by atoms with van der Waals surface area (Å²) in [5, 5.41) is 8.36. The summed E-state index contributed by atoms with van der Waals surface area (Å²) in [6.07, 6.45) is -8.81. The lowest BCUT2D eigenvalue weighted by molar-refractivity contribution is -0.143. The van der Waals surface area contributed by atoms with Gasteiger partial charge in [0.15, 0.2) is 11.4 Å². The van der Waals surface area contributed by atoms with Gasteiger partial charge in [0.05, 0.1) is 6.20 Å². The highest BCUT2D eigenvalue weighted by atomic mass is 19.4. The highest BCUT2D eigenvalue weighted by Crippen LogP contribution is 2.35. The number of hydrogen-bond acceptors (Lipinski definition) is 2. The summed E-state index contributed by atoms with van der Waals surface area (Å²) in [5.74, 6) is -0.308. The first-order chi connectivity index (χ1) is 8.19. The Morgan fingerprint density at radius 1 is 1.06 bits per heavy atom. The van der Waals surface area contributed by atoms with Crippen molar-refractivity contribution >= 4 is 0 Å². The van der Waals surface area contributed by atoms with E-state index in [1.807, 2.05) is 0 Å². The maximum atomic E-state index is 12.6. The monoisotopic (exact) mass is 270 g/mol. The van der Waals surface area contributed by atoms with Gasteiger partial charge in [0.25, 0.3) is 0 Å². The molecule has 0 aromatic carbocycles. The smallest absolute Gasteiger partial charge is 0.261 e. The summed E-state index contributed by atoms with van der Waals surface area (Å²) >= 11 is 0. The minimum atomic E-state index is -4.96. The number of H-pyrrole nitrogens is 1. The molecule has 2 rings (SSSR count). The van der Waals surface area contributed by atoms with Gasteiger partial charge >= 0.3 is 12.4 Å². The lowest BCUT2D eigenvalue weighted by Gasteiger charge is -2.07. The Kier molecular flexibility index (Phi) is 2.60. The van der Waals surface area contributed by atoms with Crippen LogP contribution in [0.2, 0.25) is 0 Å². The average Bonchev–Trinajstić information content (AvgIpc) is 2.84. The Morgan fingerprint density at radius 3 is 2.17 bits per heavy atom. The van der Waals surface area contributed by atoms with Gasteiger partial charge in [-0.1, -0.05) is 0 Å². The Labute approximate surface area is 95.2 Å². The molecule has 1 N–H and O–H groups in total. The third kappa shape index (κ3) is 2.17. The number of nitrogens with zero attached hydrogens (tertiary/aromatic N) is 3. The molecule has 0 atom stereocenters. The van der Waals surface area contributed by atoms with Crippen LogP contribution >= 0.6 is 0 Å². The van der Waals surface area contributed by atoms with Gasteiger partial charge in [-0.05, 0) is 0 Å². The normalized spacial score (nSPS) is 13.0. The zero-order chi connectivity index (χ0) is 13.6. The van der Waals surface area contributed by atoms with E-state index in [0.717, 1.165) is 12.3 Å². The van der Waals surface area contributed by atoms with Crippen molar-refractivity contribution in [2.45, 2.75) is 12.4 Å². The molecule has 10 heteroatoms. The van der Waals surface area contributed by atoms with Crippen LogP contribution in [0.25, 0.3) is 5.82 Å². The maximum absolute atomic E-state index is 12.6. The minimum absolute atomic E-state index is 0.0547. The Bertz CT molecular complexity index is 535. The highest BCUT2D eigenvalue weighted by Gasteiger charge is 2.42. The van der Waals surface area contributed by atoms with E-state index in [2.05, 4.69) is 15.3 Å². The number of hydrogen-bond donors (Lipinski definition) is 1. The molecule has 0 saturated carbocycles. The molecule has 2 heterocycles. The second-order valence-electron chi connectivity index (χ2n) is 3.26. The summed E-state index contributed by atoms with van der Waals surface area (Å²) in [4.78, 5) is 0. The quantitative estimate of drug-likeness (QED) is 0.810. The van der Waals surface area contributed by atoms with Gasteiger partial charge in [0.1, 0.15) is 5.82 Å². The van der Waals surface area contributed by atoms with Gasteiger partial charge < -0.3 is 0 Å². The van der Waals surface area contributed by atoms with Crippen LogP contribution in [0, 0.1) is 0 Å². The van der Waals surface area contributed by atoms with Crippen LogP contribution in [-0.2, 0) is 12.4 Å². The van der Waals surface area contributed by atoms with Gasteiger partial charge in [-0.15, -0.1) is 0 Å². The number of alkyl halides is 6. The van der Waals surface area contributed by atoms with Crippen LogP contribution in [-0.4, -0.2) is 20.0 Å². The number of rotatable bonds is 1. The van der Waals surface area contributed by atoms with Crippen molar-refractivity contribution in [3.05, 3.63) is 29.7 Å². The first-order valence-corrected chi connectivity index (χ1v) is 4.44. The van der Waals surface area contributed by atoms with E-state index in [0.29, 0.717) is 0 Å². The predicted molar refractivity (Wildman–Crippen MR) is 45.7 cm³/mol. The van der Waals surface area contributed by atoms with Gasteiger partial charge in [-0.3, -0.25) is 5.10 Å². The van der Waals surface area contributed by atoms with Crippen molar-refractivity contribution in [2.24, 2.45) is 0 Å². The lowest BCUT2D eigenvalue weighted by Crippen LogP contribution is -2.13. The Balaban J connectivity index is 2.61. The summed E-state index contributed by atoms with van der Waals surface area (Å²) in [6, 6.07) is 1.02. The molecule has 18 heavy (non-hydrogen) atoms. The van der Waals surface area contributed by atoms with Crippen LogP contribution in [0.15, 0.2) is 18.3 Å². The Hall–Kier alpha value is -2.00. The third-order valence-electron chi connectivity index (χ3n) is 2.00. The third-order valence-corrected chi connectivity index (χ3v) is 2.00. The second-order valence-corrected chi connectivity index (χ2v) is 3.26. The van der Waals surface area contributed by atoms with E-state index in [1.54, 1.807) is 0 Å². The molecule has 0 radical (unpaired) electrons.